The highest BCUT2D eigenvalue weighted by Gasteiger charge is 2.17. The smallest absolute Gasteiger partial charge is 0.325 e. The molecule has 0 aromatic heterocycles. The zero-order chi connectivity index (χ0) is 13.8. The predicted octanol–water partition coefficient (Wildman–Crippen LogP) is 0.333. The van der Waals surface area contributed by atoms with Crippen LogP contribution in [0.3, 0.4) is 0 Å². The summed E-state index contributed by atoms with van der Waals surface area (Å²) in [5.41, 5.74) is 0.369. The molecule has 1 aromatic carbocycles. The van der Waals surface area contributed by atoms with Gasteiger partial charge in [-0.2, -0.15) is 0 Å². The molecule has 0 aliphatic carbocycles. The van der Waals surface area contributed by atoms with Gasteiger partial charge in [0.05, 0.1) is 12.3 Å². The van der Waals surface area contributed by atoms with Crippen molar-refractivity contribution in [3.63, 3.8) is 0 Å². The highest BCUT2D eigenvalue weighted by atomic mass is 32.2. The van der Waals surface area contributed by atoms with Gasteiger partial charge < -0.3 is 9.64 Å². The van der Waals surface area contributed by atoms with Gasteiger partial charge in [0.15, 0.2) is 0 Å². The topological polar surface area (TPSA) is 89.7 Å². The number of para-hydroxylation sites is 1. The Morgan fingerprint density at radius 3 is 2.56 bits per heavy atom. The number of ether oxygens (including phenoxy) is 1. The predicted molar refractivity (Wildman–Crippen MR) is 67.7 cm³/mol. The van der Waals surface area contributed by atoms with E-state index in [9.17, 15) is 13.2 Å². The molecule has 18 heavy (non-hydrogen) atoms. The second kappa shape index (κ2) is 5.83. The van der Waals surface area contributed by atoms with Crippen LogP contribution in [0, 0.1) is 0 Å². The number of carbonyl (C=O) groups is 1. The molecule has 0 atom stereocenters. The van der Waals surface area contributed by atoms with Gasteiger partial charge in [-0.3, -0.25) is 4.79 Å². The molecule has 0 aliphatic rings. The fraction of sp³-hybridized carbons (Fsp3) is 0.364. The minimum absolute atomic E-state index is 0.0169. The van der Waals surface area contributed by atoms with E-state index >= 15 is 0 Å². The van der Waals surface area contributed by atoms with Crippen LogP contribution in [0.4, 0.5) is 5.69 Å². The highest BCUT2D eigenvalue weighted by Crippen LogP contribution is 2.22. The summed E-state index contributed by atoms with van der Waals surface area (Å²) in [7, 11) is -2.22. The molecule has 0 saturated heterocycles. The van der Waals surface area contributed by atoms with Crippen LogP contribution in [0.15, 0.2) is 29.2 Å². The fourth-order valence-corrected chi connectivity index (χ4v) is 2.28. The molecule has 0 aliphatic heterocycles. The van der Waals surface area contributed by atoms with Crippen molar-refractivity contribution in [1.29, 1.82) is 0 Å². The Bertz CT molecular complexity index is 528. The molecular formula is C11H16N2O4S. The summed E-state index contributed by atoms with van der Waals surface area (Å²) in [6.45, 7) is 1.94. The summed E-state index contributed by atoms with van der Waals surface area (Å²) in [5, 5.41) is 5.11. The number of carbonyl (C=O) groups excluding carboxylic acids is 1. The van der Waals surface area contributed by atoms with Crippen molar-refractivity contribution in [2.24, 2.45) is 5.14 Å². The maximum Gasteiger partial charge on any atom is 0.325 e. The number of esters is 1. The van der Waals surface area contributed by atoms with Crippen LogP contribution in [0.5, 0.6) is 0 Å². The fourth-order valence-electron chi connectivity index (χ4n) is 1.50. The molecule has 0 spiro atoms. The highest BCUT2D eigenvalue weighted by molar-refractivity contribution is 7.89. The van der Waals surface area contributed by atoms with Gasteiger partial charge in [0, 0.05) is 7.05 Å². The van der Waals surface area contributed by atoms with Crippen LogP contribution in [-0.4, -0.2) is 34.6 Å². The van der Waals surface area contributed by atoms with Gasteiger partial charge in [0.2, 0.25) is 10.0 Å². The molecular weight excluding hydrogens is 256 g/mol. The lowest BCUT2D eigenvalue weighted by Crippen LogP contribution is -2.29. The summed E-state index contributed by atoms with van der Waals surface area (Å²) < 4.78 is 27.6. The Hall–Kier alpha value is -1.60. The van der Waals surface area contributed by atoms with E-state index in [0.717, 1.165) is 0 Å². The van der Waals surface area contributed by atoms with Gasteiger partial charge in [0.25, 0.3) is 0 Å². The Morgan fingerprint density at radius 1 is 1.39 bits per heavy atom. The van der Waals surface area contributed by atoms with Gasteiger partial charge in [-0.05, 0) is 19.1 Å². The summed E-state index contributed by atoms with van der Waals surface area (Å²) >= 11 is 0. The number of nitrogens with two attached hydrogens (primary N) is 1. The molecule has 1 aromatic rings. The number of hydrogen-bond donors (Lipinski definition) is 1. The first-order valence-electron chi connectivity index (χ1n) is 5.35. The average molecular weight is 272 g/mol. The van der Waals surface area contributed by atoms with E-state index in [1.807, 2.05) is 0 Å². The summed E-state index contributed by atoms with van der Waals surface area (Å²) in [6, 6.07) is 6.22. The third-order valence-electron chi connectivity index (χ3n) is 2.25. The number of likely N-dealkylation sites (N-methyl/N-ethyl adjacent to an activating group) is 1. The first kappa shape index (κ1) is 14.5. The second-order valence-corrected chi connectivity index (χ2v) is 5.20. The van der Waals surface area contributed by atoms with Gasteiger partial charge in [-0.25, -0.2) is 13.6 Å². The van der Waals surface area contributed by atoms with Crippen molar-refractivity contribution in [2.75, 3.05) is 25.1 Å². The molecule has 0 unspecified atom stereocenters. The number of primary sulfonamides is 1. The van der Waals surface area contributed by atoms with Crippen LogP contribution in [0.2, 0.25) is 0 Å². The largest absolute Gasteiger partial charge is 0.465 e. The molecule has 0 heterocycles. The van der Waals surface area contributed by atoms with Crippen LogP contribution in [0.25, 0.3) is 0 Å². The van der Waals surface area contributed by atoms with E-state index < -0.39 is 16.0 Å². The van der Waals surface area contributed by atoms with Crippen molar-refractivity contribution in [1.82, 2.24) is 0 Å². The maximum absolute atomic E-state index is 11.4. The molecule has 0 bridgehead atoms. The summed E-state index contributed by atoms with van der Waals surface area (Å²) in [4.78, 5) is 12.8. The van der Waals surface area contributed by atoms with E-state index in [2.05, 4.69) is 0 Å². The number of hydrogen-bond acceptors (Lipinski definition) is 5. The lowest BCUT2D eigenvalue weighted by Gasteiger charge is -2.20. The number of sulfonamides is 1. The van der Waals surface area contributed by atoms with E-state index in [-0.39, 0.29) is 18.0 Å². The van der Waals surface area contributed by atoms with Crippen molar-refractivity contribution < 1.29 is 17.9 Å². The molecule has 2 N–H and O–H groups in total. The molecule has 0 fully saturated rings. The van der Waals surface area contributed by atoms with Gasteiger partial charge in [-0.15, -0.1) is 0 Å². The second-order valence-electron chi connectivity index (χ2n) is 3.67. The third-order valence-corrected chi connectivity index (χ3v) is 3.21. The molecule has 100 valence electrons. The van der Waals surface area contributed by atoms with Crippen molar-refractivity contribution in [3.05, 3.63) is 24.3 Å². The lowest BCUT2D eigenvalue weighted by molar-refractivity contribution is -0.141. The van der Waals surface area contributed by atoms with Crippen molar-refractivity contribution in [3.8, 4) is 0 Å². The number of nitrogens with zero attached hydrogens (tertiary/aromatic N) is 1. The maximum atomic E-state index is 11.4. The Labute approximate surface area is 106 Å². The quantitative estimate of drug-likeness (QED) is 0.780. The van der Waals surface area contributed by atoms with E-state index in [4.69, 9.17) is 9.88 Å². The van der Waals surface area contributed by atoms with Gasteiger partial charge >= 0.3 is 5.97 Å². The van der Waals surface area contributed by atoms with Crippen LogP contribution < -0.4 is 10.0 Å². The molecule has 0 radical (unpaired) electrons. The minimum atomic E-state index is -3.82. The first-order valence-corrected chi connectivity index (χ1v) is 6.89. The number of rotatable bonds is 5. The number of anilines is 1. The average Bonchev–Trinajstić information content (AvgIpc) is 2.28. The Morgan fingerprint density at radius 2 is 2.00 bits per heavy atom. The van der Waals surface area contributed by atoms with E-state index in [1.54, 1.807) is 32.2 Å². The lowest BCUT2D eigenvalue weighted by atomic mass is 10.3. The Balaban J connectivity index is 3.00. The van der Waals surface area contributed by atoms with Gasteiger partial charge in [0.1, 0.15) is 11.4 Å². The first-order chi connectivity index (χ1) is 8.36. The zero-order valence-corrected chi connectivity index (χ0v) is 11.1. The standard InChI is InChI=1S/C11H16N2O4S/c1-3-17-11(14)8-13(2)9-6-4-5-7-10(9)18(12,15)16/h4-7H,3,8H2,1-2H3,(H2,12,15,16). The normalized spacial score (nSPS) is 11.1. The molecule has 7 heteroatoms. The van der Waals surface area contributed by atoms with Crippen molar-refractivity contribution in [2.45, 2.75) is 11.8 Å². The molecule has 1 rings (SSSR count). The van der Waals surface area contributed by atoms with Crippen LogP contribution in [-0.2, 0) is 19.6 Å². The monoisotopic (exact) mass is 272 g/mol. The zero-order valence-electron chi connectivity index (χ0n) is 10.3. The summed E-state index contributed by atoms with van der Waals surface area (Å²) in [5.74, 6) is -0.427. The van der Waals surface area contributed by atoms with E-state index in [1.165, 1.54) is 11.0 Å². The van der Waals surface area contributed by atoms with Gasteiger partial charge in [-0.1, -0.05) is 12.1 Å². The Kier molecular flexibility index (Phi) is 4.69. The minimum Gasteiger partial charge on any atom is -0.465 e. The summed E-state index contributed by atoms with van der Waals surface area (Å²) in [6.07, 6.45) is 0. The van der Waals surface area contributed by atoms with E-state index in [0.29, 0.717) is 5.69 Å². The number of benzene rings is 1. The van der Waals surface area contributed by atoms with Crippen LogP contribution >= 0.6 is 0 Å². The van der Waals surface area contributed by atoms with Crippen LogP contribution in [0.1, 0.15) is 6.92 Å². The van der Waals surface area contributed by atoms with Crippen molar-refractivity contribution >= 4 is 21.7 Å². The SMILES string of the molecule is CCOC(=O)CN(C)c1ccccc1S(N)(=O)=O. The third kappa shape index (κ3) is 3.71. The molecule has 0 saturated carbocycles. The molecule has 0 amide bonds. The molecule has 6 nitrogen and oxygen atoms in total.